The molecule has 2 unspecified atom stereocenters. The molecular weight excluding hydrogens is 340 g/mol. The zero-order chi connectivity index (χ0) is 19.1. The summed E-state index contributed by atoms with van der Waals surface area (Å²) in [4.78, 5) is 33.4. The molecule has 2 fully saturated rings. The number of aromatic nitrogens is 1. The quantitative estimate of drug-likeness (QED) is 0.797. The van der Waals surface area contributed by atoms with Gasteiger partial charge >= 0.3 is 0 Å². The van der Waals surface area contributed by atoms with E-state index in [1.54, 1.807) is 18.5 Å². The Morgan fingerprint density at radius 1 is 1.22 bits per heavy atom. The molecule has 27 heavy (non-hydrogen) atoms. The second-order valence-corrected chi connectivity index (χ2v) is 7.81. The fraction of sp³-hybridized carbons (Fsp3) is 0.667. The maximum absolute atomic E-state index is 12.7. The summed E-state index contributed by atoms with van der Waals surface area (Å²) < 4.78 is 0. The first-order valence-electron chi connectivity index (χ1n) is 10.4. The van der Waals surface area contributed by atoms with Gasteiger partial charge in [0.1, 0.15) is 0 Å². The molecule has 2 aliphatic heterocycles. The summed E-state index contributed by atoms with van der Waals surface area (Å²) in [6.45, 7) is 7.64. The SMILES string of the molecule is CCC1CN(C(=O)c2cccnc2)CCC1CC(=O)NCCN1CCCC1. The minimum atomic E-state index is 0.0510. The summed E-state index contributed by atoms with van der Waals surface area (Å²) in [5.74, 6) is 0.947. The molecule has 1 aromatic heterocycles. The Labute approximate surface area is 162 Å². The molecule has 2 aliphatic rings. The Hall–Kier alpha value is -1.95. The van der Waals surface area contributed by atoms with Gasteiger partial charge in [-0.3, -0.25) is 14.6 Å². The summed E-state index contributed by atoms with van der Waals surface area (Å²) in [7, 11) is 0. The molecule has 0 saturated carbocycles. The first-order valence-corrected chi connectivity index (χ1v) is 10.4. The number of hydrogen-bond donors (Lipinski definition) is 1. The lowest BCUT2D eigenvalue weighted by Gasteiger charge is -2.38. The van der Waals surface area contributed by atoms with E-state index in [-0.39, 0.29) is 11.8 Å². The first-order chi connectivity index (χ1) is 13.2. The molecule has 1 aromatic rings. The van der Waals surface area contributed by atoms with Crippen LogP contribution in [0.5, 0.6) is 0 Å². The van der Waals surface area contributed by atoms with Gasteiger partial charge in [-0.25, -0.2) is 0 Å². The average molecular weight is 373 g/mol. The number of carbonyl (C=O) groups is 2. The lowest BCUT2D eigenvalue weighted by Crippen LogP contribution is -2.45. The molecule has 2 amide bonds. The summed E-state index contributed by atoms with van der Waals surface area (Å²) in [5.41, 5.74) is 0.644. The third-order valence-electron chi connectivity index (χ3n) is 6.01. The highest BCUT2D eigenvalue weighted by Crippen LogP contribution is 2.29. The molecule has 6 heteroatoms. The van der Waals surface area contributed by atoms with Crippen molar-refractivity contribution < 1.29 is 9.59 Å². The second kappa shape index (κ2) is 9.83. The lowest BCUT2D eigenvalue weighted by atomic mass is 9.81. The Balaban J connectivity index is 1.45. The molecular formula is C21H32N4O2. The van der Waals surface area contributed by atoms with E-state index >= 15 is 0 Å². The lowest BCUT2D eigenvalue weighted by molar-refractivity contribution is -0.122. The van der Waals surface area contributed by atoms with Gasteiger partial charge in [0, 0.05) is 45.0 Å². The maximum Gasteiger partial charge on any atom is 0.255 e. The molecule has 3 rings (SSSR count). The molecule has 3 heterocycles. The number of likely N-dealkylation sites (tertiary alicyclic amines) is 2. The normalized spacial score (nSPS) is 23.4. The summed E-state index contributed by atoms with van der Waals surface area (Å²) >= 11 is 0. The van der Waals surface area contributed by atoms with Crippen molar-refractivity contribution in [2.24, 2.45) is 11.8 Å². The minimum absolute atomic E-state index is 0.0510. The van der Waals surface area contributed by atoms with E-state index in [2.05, 4.69) is 22.1 Å². The van der Waals surface area contributed by atoms with E-state index in [1.165, 1.54) is 12.8 Å². The van der Waals surface area contributed by atoms with E-state index in [9.17, 15) is 9.59 Å². The number of piperidine rings is 1. The van der Waals surface area contributed by atoms with Crippen molar-refractivity contribution in [3.05, 3.63) is 30.1 Å². The van der Waals surface area contributed by atoms with Crippen LogP contribution < -0.4 is 5.32 Å². The summed E-state index contributed by atoms with van der Waals surface area (Å²) in [6.07, 6.45) is 8.33. The largest absolute Gasteiger partial charge is 0.355 e. The van der Waals surface area contributed by atoms with E-state index < -0.39 is 0 Å². The Morgan fingerprint density at radius 2 is 2.04 bits per heavy atom. The molecule has 0 aliphatic carbocycles. The molecule has 148 valence electrons. The Morgan fingerprint density at radius 3 is 2.74 bits per heavy atom. The van der Waals surface area contributed by atoms with Crippen molar-refractivity contribution in [1.29, 1.82) is 0 Å². The molecule has 0 spiro atoms. The van der Waals surface area contributed by atoms with Crippen LogP contribution >= 0.6 is 0 Å². The van der Waals surface area contributed by atoms with Crippen LogP contribution in [0.4, 0.5) is 0 Å². The Kier molecular flexibility index (Phi) is 7.21. The van der Waals surface area contributed by atoms with Gasteiger partial charge < -0.3 is 15.1 Å². The van der Waals surface area contributed by atoms with Crippen LogP contribution in [-0.2, 0) is 4.79 Å². The molecule has 0 radical (unpaired) electrons. The topological polar surface area (TPSA) is 65.5 Å². The van der Waals surface area contributed by atoms with Crippen LogP contribution in [0.25, 0.3) is 0 Å². The van der Waals surface area contributed by atoms with Gasteiger partial charge in [0.2, 0.25) is 5.91 Å². The number of hydrogen-bond acceptors (Lipinski definition) is 4. The van der Waals surface area contributed by atoms with Crippen LogP contribution in [-0.4, -0.2) is 65.9 Å². The predicted octanol–water partition coefficient (Wildman–Crippen LogP) is 2.17. The van der Waals surface area contributed by atoms with E-state index in [0.29, 0.717) is 23.8 Å². The van der Waals surface area contributed by atoms with Crippen LogP contribution in [0.3, 0.4) is 0 Å². The van der Waals surface area contributed by atoms with Crippen LogP contribution in [0.2, 0.25) is 0 Å². The number of carbonyl (C=O) groups excluding carboxylic acids is 2. The predicted molar refractivity (Wildman–Crippen MR) is 105 cm³/mol. The maximum atomic E-state index is 12.7. The smallest absolute Gasteiger partial charge is 0.255 e. The third-order valence-corrected chi connectivity index (χ3v) is 6.01. The van der Waals surface area contributed by atoms with Gasteiger partial charge in [0.05, 0.1) is 5.56 Å². The number of nitrogens with one attached hydrogen (secondary N) is 1. The van der Waals surface area contributed by atoms with E-state index in [1.807, 2.05) is 11.0 Å². The van der Waals surface area contributed by atoms with E-state index in [4.69, 9.17) is 0 Å². The van der Waals surface area contributed by atoms with Crippen molar-refractivity contribution in [3.8, 4) is 0 Å². The second-order valence-electron chi connectivity index (χ2n) is 7.81. The molecule has 2 saturated heterocycles. The van der Waals surface area contributed by atoms with Crippen molar-refractivity contribution >= 4 is 11.8 Å². The minimum Gasteiger partial charge on any atom is -0.355 e. The standard InChI is InChI=1S/C21H32N4O2/c1-2-17-16-25(21(27)19-6-5-8-22-15-19)12-7-18(17)14-20(26)23-9-13-24-10-3-4-11-24/h5-6,8,15,17-18H,2-4,7,9-14,16H2,1H3,(H,23,26). The first kappa shape index (κ1) is 19.8. The van der Waals surface area contributed by atoms with Gasteiger partial charge in [-0.05, 0) is 56.3 Å². The highest BCUT2D eigenvalue weighted by atomic mass is 16.2. The van der Waals surface area contributed by atoms with Gasteiger partial charge in [0.25, 0.3) is 5.91 Å². The average Bonchev–Trinajstić information content (AvgIpc) is 3.22. The van der Waals surface area contributed by atoms with Gasteiger partial charge in [-0.1, -0.05) is 13.3 Å². The monoisotopic (exact) mass is 372 g/mol. The zero-order valence-corrected chi connectivity index (χ0v) is 16.4. The molecule has 0 bridgehead atoms. The number of nitrogens with zero attached hydrogens (tertiary/aromatic N) is 3. The summed E-state index contributed by atoms with van der Waals surface area (Å²) in [6, 6.07) is 3.61. The third kappa shape index (κ3) is 5.51. The van der Waals surface area contributed by atoms with Crippen LogP contribution in [0.15, 0.2) is 24.5 Å². The number of amides is 2. The Bertz CT molecular complexity index is 616. The van der Waals surface area contributed by atoms with Crippen molar-refractivity contribution in [2.45, 2.75) is 39.0 Å². The highest BCUT2D eigenvalue weighted by Gasteiger charge is 2.32. The molecule has 1 N–H and O–H groups in total. The van der Waals surface area contributed by atoms with Crippen molar-refractivity contribution in [2.75, 3.05) is 39.3 Å². The van der Waals surface area contributed by atoms with Crippen molar-refractivity contribution in [3.63, 3.8) is 0 Å². The summed E-state index contributed by atoms with van der Waals surface area (Å²) in [5, 5.41) is 3.09. The molecule has 2 atom stereocenters. The number of rotatable bonds is 7. The van der Waals surface area contributed by atoms with Crippen LogP contribution in [0.1, 0.15) is 49.4 Å². The highest BCUT2D eigenvalue weighted by molar-refractivity contribution is 5.94. The zero-order valence-electron chi connectivity index (χ0n) is 16.4. The molecule has 6 nitrogen and oxygen atoms in total. The van der Waals surface area contributed by atoms with Gasteiger partial charge in [-0.15, -0.1) is 0 Å². The fourth-order valence-corrected chi connectivity index (χ4v) is 4.34. The van der Waals surface area contributed by atoms with Gasteiger partial charge in [-0.2, -0.15) is 0 Å². The van der Waals surface area contributed by atoms with E-state index in [0.717, 1.165) is 52.1 Å². The van der Waals surface area contributed by atoms with Crippen LogP contribution in [0, 0.1) is 11.8 Å². The van der Waals surface area contributed by atoms with Gasteiger partial charge in [0.15, 0.2) is 0 Å². The fourth-order valence-electron chi connectivity index (χ4n) is 4.34. The van der Waals surface area contributed by atoms with Crippen molar-refractivity contribution in [1.82, 2.24) is 20.1 Å². The number of pyridine rings is 1. The molecule has 0 aromatic carbocycles.